The number of nitrogens with two attached hydrogens (primary N) is 3. The molecule has 0 saturated heterocycles. The second-order valence-electron chi connectivity index (χ2n) is 2.07. The third-order valence-corrected chi connectivity index (χ3v) is 0.866. The van der Waals surface area contributed by atoms with E-state index in [-0.39, 0.29) is 18.4 Å². The lowest BCUT2D eigenvalue weighted by Gasteiger charge is -2.01. The van der Waals surface area contributed by atoms with Crippen molar-refractivity contribution in [2.24, 2.45) is 22.2 Å². The minimum atomic E-state index is -0.405. The molecule has 5 heteroatoms. The van der Waals surface area contributed by atoms with E-state index in [2.05, 4.69) is 4.99 Å². The fraction of sp³-hybridized carbons (Fsp3) is 0.600. The Labute approximate surface area is 59.3 Å². The first-order valence-corrected chi connectivity index (χ1v) is 2.89. The zero-order valence-corrected chi connectivity index (χ0v) is 5.87. The molecule has 0 radical (unpaired) electrons. The highest BCUT2D eigenvalue weighted by atomic mass is 16.1. The van der Waals surface area contributed by atoms with Crippen LogP contribution in [0.3, 0.4) is 0 Å². The number of hydrogen-bond acceptors (Lipinski definition) is 2. The van der Waals surface area contributed by atoms with Gasteiger partial charge >= 0.3 is 0 Å². The SMILES string of the molecule is CC(CC(N)=O)N=C(N)N. The maximum absolute atomic E-state index is 10.3. The van der Waals surface area contributed by atoms with Gasteiger partial charge in [-0.2, -0.15) is 0 Å². The smallest absolute Gasteiger partial charge is 0.219 e. The Kier molecular flexibility index (Phi) is 3.24. The van der Waals surface area contributed by atoms with Crippen LogP contribution < -0.4 is 17.2 Å². The van der Waals surface area contributed by atoms with E-state index in [1.54, 1.807) is 6.92 Å². The molecule has 0 aromatic rings. The lowest BCUT2D eigenvalue weighted by Crippen LogP contribution is -2.26. The van der Waals surface area contributed by atoms with Gasteiger partial charge in [0.25, 0.3) is 0 Å². The molecular formula is C5H12N4O. The van der Waals surface area contributed by atoms with Crippen molar-refractivity contribution in [2.45, 2.75) is 19.4 Å². The van der Waals surface area contributed by atoms with Gasteiger partial charge in [0.15, 0.2) is 5.96 Å². The van der Waals surface area contributed by atoms with E-state index in [1.807, 2.05) is 0 Å². The van der Waals surface area contributed by atoms with Crippen LogP contribution in [-0.4, -0.2) is 17.9 Å². The monoisotopic (exact) mass is 144 g/mol. The maximum Gasteiger partial charge on any atom is 0.219 e. The van der Waals surface area contributed by atoms with Crippen molar-refractivity contribution >= 4 is 11.9 Å². The van der Waals surface area contributed by atoms with Gasteiger partial charge in [0.2, 0.25) is 5.91 Å². The molecule has 0 aliphatic heterocycles. The number of aliphatic imine (C=N–C) groups is 1. The van der Waals surface area contributed by atoms with Crippen LogP contribution in [0, 0.1) is 0 Å². The Bertz CT molecular complexity index is 150. The molecule has 0 aliphatic carbocycles. The minimum Gasteiger partial charge on any atom is -0.370 e. The van der Waals surface area contributed by atoms with Gasteiger partial charge in [-0.3, -0.25) is 9.79 Å². The summed E-state index contributed by atoms with van der Waals surface area (Å²) in [6.45, 7) is 1.71. The molecule has 6 N–H and O–H groups in total. The van der Waals surface area contributed by atoms with Crippen LogP contribution in [0.1, 0.15) is 13.3 Å². The lowest BCUT2D eigenvalue weighted by atomic mass is 10.2. The summed E-state index contributed by atoms with van der Waals surface area (Å²) in [5, 5.41) is 0. The number of guanidine groups is 1. The molecule has 0 aromatic carbocycles. The maximum atomic E-state index is 10.3. The number of hydrogen-bond donors (Lipinski definition) is 3. The van der Waals surface area contributed by atoms with Crippen molar-refractivity contribution < 1.29 is 4.79 Å². The van der Waals surface area contributed by atoms with E-state index in [1.165, 1.54) is 0 Å². The number of nitrogens with zero attached hydrogens (tertiary/aromatic N) is 1. The molecular weight excluding hydrogens is 132 g/mol. The largest absolute Gasteiger partial charge is 0.370 e. The Morgan fingerprint density at radius 3 is 2.30 bits per heavy atom. The standard InChI is InChI=1S/C5H12N4O/c1-3(2-4(6)10)9-5(7)8/h3H,2H2,1H3,(H2,6,10)(H4,7,8,9). The quantitative estimate of drug-likeness (QED) is 0.332. The van der Waals surface area contributed by atoms with Crippen molar-refractivity contribution in [1.82, 2.24) is 0 Å². The second-order valence-corrected chi connectivity index (χ2v) is 2.07. The van der Waals surface area contributed by atoms with E-state index < -0.39 is 5.91 Å². The summed E-state index contributed by atoms with van der Waals surface area (Å²) in [5.74, 6) is -0.425. The highest BCUT2D eigenvalue weighted by Gasteiger charge is 2.02. The Morgan fingerprint density at radius 2 is 2.00 bits per heavy atom. The van der Waals surface area contributed by atoms with Crippen molar-refractivity contribution in [3.63, 3.8) is 0 Å². The number of carbonyl (C=O) groups excluding carboxylic acids is 1. The predicted octanol–water partition coefficient (Wildman–Crippen LogP) is -1.48. The molecule has 0 heterocycles. The molecule has 0 aromatic heterocycles. The average Bonchev–Trinajstić information content (AvgIpc) is 1.58. The van der Waals surface area contributed by atoms with E-state index in [0.29, 0.717) is 0 Å². The number of carbonyl (C=O) groups is 1. The molecule has 0 saturated carbocycles. The van der Waals surface area contributed by atoms with Gasteiger partial charge in [0, 0.05) is 6.42 Å². The molecule has 0 fully saturated rings. The summed E-state index contributed by atoms with van der Waals surface area (Å²) >= 11 is 0. The zero-order chi connectivity index (χ0) is 8.15. The van der Waals surface area contributed by atoms with Gasteiger partial charge in [-0.15, -0.1) is 0 Å². The minimum absolute atomic E-state index is 0.0197. The van der Waals surface area contributed by atoms with E-state index in [4.69, 9.17) is 17.2 Å². The fourth-order valence-corrected chi connectivity index (χ4v) is 0.591. The van der Waals surface area contributed by atoms with Crippen molar-refractivity contribution in [2.75, 3.05) is 0 Å². The van der Waals surface area contributed by atoms with Gasteiger partial charge in [-0.1, -0.05) is 0 Å². The molecule has 58 valence electrons. The molecule has 0 rings (SSSR count). The fourth-order valence-electron chi connectivity index (χ4n) is 0.591. The van der Waals surface area contributed by atoms with Crippen LogP contribution in [0.5, 0.6) is 0 Å². The molecule has 10 heavy (non-hydrogen) atoms. The van der Waals surface area contributed by atoms with E-state index >= 15 is 0 Å². The molecule has 5 nitrogen and oxygen atoms in total. The van der Waals surface area contributed by atoms with Gasteiger partial charge in [0.1, 0.15) is 0 Å². The van der Waals surface area contributed by atoms with Crippen molar-refractivity contribution in [3.05, 3.63) is 0 Å². The summed E-state index contributed by atoms with van der Waals surface area (Å²) in [7, 11) is 0. The molecule has 0 spiro atoms. The highest BCUT2D eigenvalue weighted by molar-refractivity contribution is 5.77. The van der Waals surface area contributed by atoms with Gasteiger partial charge in [-0.25, -0.2) is 0 Å². The topological polar surface area (TPSA) is 107 Å². The Morgan fingerprint density at radius 1 is 1.50 bits per heavy atom. The second kappa shape index (κ2) is 3.71. The van der Waals surface area contributed by atoms with Crippen molar-refractivity contribution in [3.8, 4) is 0 Å². The van der Waals surface area contributed by atoms with Gasteiger partial charge < -0.3 is 17.2 Å². The van der Waals surface area contributed by atoms with Gasteiger partial charge in [-0.05, 0) is 6.92 Å². The third kappa shape index (κ3) is 4.89. The third-order valence-electron chi connectivity index (χ3n) is 0.866. The van der Waals surface area contributed by atoms with Gasteiger partial charge in [0.05, 0.1) is 6.04 Å². The van der Waals surface area contributed by atoms with Crippen LogP contribution in [-0.2, 0) is 4.79 Å². The number of amides is 1. The summed E-state index contributed by atoms with van der Waals surface area (Å²) in [6.07, 6.45) is 0.178. The summed E-state index contributed by atoms with van der Waals surface area (Å²) in [5.41, 5.74) is 15.0. The molecule has 0 bridgehead atoms. The summed E-state index contributed by atoms with van der Waals surface area (Å²) < 4.78 is 0. The molecule has 1 unspecified atom stereocenters. The average molecular weight is 144 g/mol. The molecule has 0 aliphatic rings. The number of primary amides is 1. The van der Waals surface area contributed by atoms with E-state index in [0.717, 1.165) is 0 Å². The lowest BCUT2D eigenvalue weighted by molar-refractivity contribution is -0.118. The Balaban J connectivity index is 3.75. The molecule has 1 atom stereocenters. The van der Waals surface area contributed by atoms with Crippen LogP contribution >= 0.6 is 0 Å². The highest BCUT2D eigenvalue weighted by Crippen LogP contribution is 1.93. The summed E-state index contributed by atoms with van der Waals surface area (Å²) in [4.78, 5) is 14.0. The number of rotatable bonds is 3. The van der Waals surface area contributed by atoms with Crippen LogP contribution in [0.15, 0.2) is 4.99 Å². The summed E-state index contributed by atoms with van der Waals surface area (Å²) in [6, 6.07) is -0.220. The zero-order valence-electron chi connectivity index (χ0n) is 5.87. The molecule has 1 amide bonds. The van der Waals surface area contributed by atoms with E-state index in [9.17, 15) is 4.79 Å². The predicted molar refractivity (Wildman–Crippen MR) is 39.1 cm³/mol. The van der Waals surface area contributed by atoms with Crippen molar-refractivity contribution in [1.29, 1.82) is 0 Å². The van der Waals surface area contributed by atoms with Crippen LogP contribution in [0.2, 0.25) is 0 Å². The first-order chi connectivity index (χ1) is 4.52. The first-order valence-electron chi connectivity index (χ1n) is 2.89. The first kappa shape index (κ1) is 8.74. The Hall–Kier alpha value is -1.26. The van der Waals surface area contributed by atoms with Crippen LogP contribution in [0.25, 0.3) is 0 Å². The normalized spacial score (nSPS) is 12.1. The van der Waals surface area contributed by atoms with Crippen LogP contribution in [0.4, 0.5) is 0 Å².